The maximum absolute atomic E-state index is 9.35. The van der Waals surface area contributed by atoms with Crippen LogP contribution in [0.15, 0.2) is 55.1 Å². The lowest BCUT2D eigenvalue weighted by Crippen LogP contribution is -1.96. The molecule has 2 heteroatoms. The second-order valence-corrected chi connectivity index (χ2v) is 3.70. The number of hydrogen-bond donors (Lipinski definition) is 1. The van der Waals surface area contributed by atoms with Gasteiger partial charge in [-0.2, -0.15) is 0 Å². The van der Waals surface area contributed by atoms with Crippen molar-refractivity contribution in [2.75, 3.05) is 0 Å². The number of phenols is 1. The molecule has 0 aromatic heterocycles. The molecule has 0 radical (unpaired) electrons. The van der Waals surface area contributed by atoms with Crippen molar-refractivity contribution in [3.05, 3.63) is 66.2 Å². The molecular formula is C15H14O2. The molecular weight excluding hydrogens is 212 g/mol. The molecule has 17 heavy (non-hydrogen) atoms. The summed E-state index contributed by atoms with van der Waals surface area (Å²) in [5.74, 6) is 0.939. The Bertz CT molecular complexity index is 504. The third kappa shape index (κ3) is 2.88. The highest BCUT2D eigenvalue weighted by Crippen LogP contribution is 2.25. The molecule has 0 aliphatic carbocycles. The third-order valence-electron chi connectivity index (χ3n) is 2.45. The van der Waals surface area contributed by atoms with Crippen LogP contribution in [0.2, 0.25) is 0 Å². The van der Waals surface area contributed by atoms with E-state index in [2.05, 4.69) is 6.58 Å². The van der Waals surface area contributed by atoms with Gasteiger partial charge in [-0.25, -0.2) is 0 Å². The smallest absolute Gasteiger partial charge is 0.127 e. The minimum Gasteiger partial charge on any atom is -0.508 e. The fourth-order valence-corrected chi connectivity index (χ4v) is 1.56. The van der Waals surface area contributed by atoms with E-state index in [-0.39, 0.29) is 5.75 Å². The van der Waals surface area contributed by atoms with Crippen molar-refractivity contribution in [1.82, 2.24) is 0 Å². The fourth-order valence-electron chi connectivity index (χ4n) is 1.56. The summed E-state index contributed by atoms with van der Waals surface area (Å²) in [7, 11) is 0. The molecule has 0 saturated carbocycles. The Morgan fingerprint density at radius 2 is 1.88 bits per heavy atom. The van der Waals surface area contributed by atoms with Crippen LogP contribution in [0.1, 0.15) is 11.1 Å². The lowest BCUT2D eigenvalue weighted by atomic mass is 10.2. The van der Waals surface area contributed by atoms with Crippen LogP contribution < -0.4 is 4.74 Å². The van der Waals surface area contributed by atoms with E-state index in [1.807, 2.05) is 30.3 Å². The van der Waals surface area contributed by atoms with Gasteiger partial charge in [0.15, 0.2) is 0 Å². The molecule has 86 valence electrons. The molecule has 0 saturated heterocycles. The summed E-state index contributed by atoms with van der Waals surface area (Å²) >= 11 is 0. The number of phenolic OH excluding ortho intramolecular Hbond substituents is 1. The van der Waals surface area contributed by atoms with Crippen LogP contribution in [0.5, 0.6) is 11.5 Å². The van der Waals surface area contributed by atoms with Crippen molar-refractivity contribution in [2.24, 2.45) is 0 Å². The number of rotatable bonds is 4. The zero-order chi connectivity index (χ0) is 12.1. The van der Waals surface area contributed by atoms with Crippen LogP contribution >= 0.6 is 0 Å². The maximum Gasteiger partial charge on any atom is 0.127 e. The molecule has 1 N–H and O–H groups in total. The molecule has 2 rings (SSSR count). The van der Waals surface area contributed by atoms with Crippen molar-refractivity contribution in [1.29, 1.82) is 0 Å². The highest BCUT2D eigenvalue weighted by Gasteiger charge is 2.02. The number of aromatic hydroxyl groups is 1. The van der Waals surface area contributed by atoms with Crippen LogP contribution in [0.3, 0.4) is 0 Å². The Kier molecular flexibility index (Phi) is 3.46. The minimum atomic E-state index is 0.215. The first-order valence-electron chi connectivity index (χ1n) is 5.42. The quantitative estimate of drug-likeness (QED) is 0.862. The first-order valence-corrected chi connectivity index (χ1v) is 5.42. The van der Waals surface area contributed by atoms with Crippen molar-refractivity contribution in [3.8, 4) is 11.5 Å². The third-order valence-corrected chi connectivity index (χ3v) is 2.45. The Balaban J connectivity index is 2.11. The predicted molar refractivity (Wildman–Crippen MR) is 69.0 cm³/mol. The molecule has 0 unspecified atom stereocenters. The molecule has 0 aliphatic rings. The van der Waals surface area contributed by atoms with Gasteiger partial charge in [-0.15, -0.1) is 0 Å². The largest absolute Gasteiger partial charge is 0.508 e. The topological polar surface area (TPSA) is 29.5 Å². The zero-order valence-electron chi connectivity index (χ0n) is 9.47. The SMILES string of the molecule is C=Cc1cc(O)ccc1OCc1ccccc1. The van der Waals surface area contributed by atoms with Gasteiger partial charge in [0.1, 0.15) is 18.1 Å². The molecule has 2 aromatic rings. The summed E-state index contributed by atoms with van der Waals surface area (Å²) in [6, 6.07) is 14.9. The van der Waals surface area contributed by atoms with E-state index in [0.29, 0.717) is 6.61 Å². The predicted octanol–water partition coefficient (Wildman–Crippen LogP) is 3.61. The molecule has 2 aromatic carbocycles. The zero-order valence-corrected chi connectivity index (χ0v) is 9.47. The molecule has 0 aliphatic heterocycles. The van der Waals surface area contributed by atoms with Gasteiger partial charge in [-0.05, 0) is 23.8 Å². The first-order chi connectivity index (χ1) is 8.29. The molecule has 0 heterocycles. The van der Waals surface area contributed by atoms with Crippen LogP contribution in [-0.2, 0) is 6.61 Å². The van der Waals surface area contributed by atoms with Crippen molar-refractivity contribution in [3.63, 3.8) is 0 Å². The Labute approximate surface area is 101 Å². The summed E-state index contributed by atoms with van der Waals surface area (Å²) in [4.78, 5) is 0. The van der Waals surface area contributed by atoms with Gasteiger partial charge in [0.05, 0.1) is 0 Å². The summed E-state index contributed by atoms with van der Waals surface area (Å²) in [5.41, 5.74) is 1.90. The van der Waals surface area contributed by atoms with Gasteiger partial charge in [-0.1, -0.05) is 43.0 Å². The van der Waals surface area contributed by atoms with Crippen molar-refractivity contribution >= 4 is 6.08 Å². The van der Waals surface area contributed by atoms with Crippen molar-refractivity contribution < 1.29 is 9.84 Å². The van der Waals surface area contributed by atoms with Gasteiger partial charge in [0.2, 0.25) is 0 Å². The number of ether oxygens (including phenoxy) is 1. The molecule has 0 atom stereocenters. The Morgan fingerprint density at radius 1 is 1.12 bits per heavy atom. The minimum absolute atomic E-state index is 0.215. The second kappa shape index (κ2) is 5.21. The van der Waals surface area contributed by atoms with Crippen LogP contribution in [0.4, 0.5) is 0 Å². The van der Waals surface area contributed by atoms with Crippen molar-refractivity contribution in [2.45, 2.75) is 6.61 Å². The average Bonchev–Trinajstić information content (AvgIpc) is 2.38. The normalized spacial score (nSPS) is 9.88. The fraction of sp³-hybridized carbons (Fsp3) is 0.0667. The lowest BCUT2D eigenvalue weighted by molar-refractivity contribution is 0.305. The van der Waals surface area contributed by atoms with E-state index in [0.717, 1.165) is 16.9 Å². The Morgan fingerprint density at radius 3 is 2.59 bits per heavy atom. The summed E-state index contributed by atoms with van der Waals surface area (Å²) in [6.07, 6.45) is 1.67. The highest BCUT2D eigenvalue weighted by atomic mass is 16.5. The van der Waals surface area contributed by atoms with E-state index in [1.165, 1.54) is 0 Å². The molecule has 0 spiro atoms. The van der Waals surface area contributed by atoms with Gasteiger partial charge in [-0.3, -0.25) is 0 Å². The van der Waals surface area contributed by atoms with Gasteiger partial charge < -0.3 is 9.84 Å². The molecule has 0 bridgehead atoms. The van der Waals surface area contributed by atoms with Crippen LogP contribution in [0.25, 0.3) is 6.08 Å². The maximum atomic E-state index is 9.35. The van der Waals surface area contributed by atoms with Gasteiger partial charge in [0, 0.05) is 5.56 Å². The van der Waals surface area contributed by atoms with Crippen LogP contribution in [0, 0.1) is 0 Å². The number of hydrogen-bond acceptors (Lipinski definition) is 2. The molecule has 0 amide bonds. The monoisotopic (exact) mass is 226 g/mol. The first kappa shape index (κ1) is 11.3. The van der Waals surface area contributed by atoms with E-state index in [1.54, 1.807) is 24.3 Å². The van der Waals surface area contributed by atoms with E-state index in [9.17, 15) is 5.11 Å². The summed E-state index contributed by atoms with van der Waals surface area (Å²) in [5, 5.41) is 9.35. The second-order valence-electron chi connectivity index (χ2n) is 3.70. The highest BCUT2D eigenvalue weighted by molar-refractivity contribution is 5.57. The summed E-state index contributed by atoms with van der Waals surface area (Å²) < 4.78 is 5.69. The van der Waals surface area contributed by atoms with Crippen LogP contribution in [-0.4, -0.2) is 5.11 Å². The summed E-state index contributed by atoms with van der Waals surface area (Å²) in [6.45, 7) is 4.20. The molecule has 2 nitrogen and oxygen atoms in total. The van der Waals surface area contributed by atoms with E-state index >= 15 is 0 Å². The van der Waals surface area contributed by atoms with E-state index < -0.39 is 0 Å². The standard InChI is InChI=1S/C15H14O2/c1-2-13-10-14(16)8-9-15(13)17-11-12-6-4-3-5-7-12/h2-10,16H,1,11H2. The van der Waals surface area contributed by atoms with Gasteiger partial charge >= 0.3 is 0 Å². The average molecular weight is 226 g/mol. The lowest BCUT2D eigenvalue weighted by Gasteiger charge is -2.09. The number of benzene rings is 2. The van der Waals surface area contributed by atoms with Gasteiger partial charge in [0.25, 0.3) is 0 Å². The molecule has 0 fully saturated rings. The van der Waals surface area contributed by atoms with E-state index in [4.69, 9.17) is 4.74 Å². The Hall–Kier alpha value is -2.22.